The number of rotatable bonds is 6. The summed E-state index contributed by atoms with van der Waals surface area (Å²) in [6.07, 6.45) is 1.64. The predicted molar refractivity (Wildman–Crippen MR) is 101 cm³/mol. The Bertz CT molecular complexity index is 1060. The second-order valence-electron chi connectivity index (χ2n) is 5.96. The van der Waals surface area contributed by atoms with E-state index in [1.165, 1.54) is 43.9 Å². The molecule has 3 aromatic rings. The van der Waals surface area contributed by atoms with Crippen LogP contribution in [0.3, 0.4) is 0 Å². The number of aromatic nitrogens is 2. The molecule has 0 N–H and O–H groups in total. The molecule has 8 heteroatoms. The first-order valence-corrected chi connectivity index (χ1v) is 8.43. The molecule has 8 nitrogen and oxygen atoms in total. The lowest BCUT2D eigenvalue weighted by Crippen LogP contribution is -2.17. The van der Waals surface area contributed by atoms with Crippen molar-refractivity contribution in [2.45, 2.75) is 13.5 Å². The quantitative estimate of drug-likeness (QED) is 0.603. The Labute approximate surface area is 161 Å². The molecule has 1 aromatic carbocycles. The van der Waals surface area contributed by atoms with Crippen LogP contribution in [0.15, 0.2) is 41.3 Å². The Morgan fingerprint density at radius 3 is 2.36 bits per heavy atom. The maximum Gasteiger partial charge on any atom is 0.338 e. The number of methoxy groups -OCH3 is 3. The van der Waals surface area contributed by atoms with E-state index in [2.05, 4.69) is 4.98 Å². The molecule has 0 aliphatic carbocycles. The Kier molecular flexibility index (Phi) is 5.49. The first kappa shape index (κ1) is 19.2. The molecule has 0 aliphatic rings. The predicted octanol–water partition coefficient (Wildman–Crippen LogP) is 2.39. The van der Waals surface area contributed by atoms with E-state index in [0.717, 1.165) is 5.56 Å². The van der Waals surface area contributed by atoms with E-state index in [0.29, 0.717) is 28.6 Å². The maximum absolute atomic E-state index is 12.5. The molecule has 3 rings (SSSR count). The minimum Gasteiger partial charge on any atom is -0.493 e. The number of pyridine rings is 1. The number of hydrogen-bond donors (Lipinski definition) is 0. The number of aryl methyl sites for hydroxylation is 1. The van der Waals surface area contributed by atoms with Crippen LogP contribution >= 0.6 is 0 Å². The molecule has 0 amide bonds. The van der Waals surface area contributed by atoms with E-state index in [1.54, 1.807) is 12.3 Å². The van der Waals surface area contributed by atoms with Gasteiger partial charge in [0.05, 0.1) is 32.6 Å². The van der Waals surface area contributed by atoms with Gasteiger partial charge in [0.25, 0.3) is 5.56 Å². The molecule has 2 heterocycles. The van der Waals surface area contributed by atoms with Crippen molar-refractivity contribution in [3.63, 3.8) is 0 Å². The maximum atomic E-state index is 12.5. The lowest BCUT2D eigenvalue weighted by atomic mass is 10.2. The van der Waals surface area contributed by atoms with Gasteiger partial charge in [0.2, 0.25) is 5.75 Å². The van der Waals surface area contributed by atoms with Crippen molar-refractivity contribution in [2.24, 2.45) is 0 Å². The normalized spacial score (nSPS) is 10.6. The van der Waals surface area contributed by atoms with Gasteiger partial charge in [-0.05, 0) is 30.7 Å². The summed E-state index contributed by atoms with van der Waals surface area (Å²) in [5.41, 5.74) is 1.71. The zero-order chi connectivity index (χ0) is 20.3. The summed E-state index contributed by atoms with van der Waals surface area (Å²) < 4.78 is 22.5. The average Bonchev–Trinajstić information content (AvgIpc) is 2.71. The third kappa shape index (κ3) is 3.62. The largest absolute Gasteiger partial charge is 0.493 e. The third-order valence-electron chi connectivity index (χ3n) is 4.19. The van der Waals surface area contributed by atoms with Crippen molar-refractivity contribution in [3.05, 3.63) is 63.7 Å². The fourth-order valence-electron chi connectivity index (χ4n) is 2.80. The molecular weight excluding hydrogens is 364 g/mol. The molecule has 0 bridgehead atoms. The Hall–Kier alpha value is -3.55. The average molecular weight is 384 g/mol. The van der Waals surface area contributed by atoms with Crippen molar-refractivity contribution >= 4 is 11.6 Å². The van der Waals surface area contributed by atoms with Gasteiger partial charge >= 0.3 is 5.97 Å². The fraction of sp³-hybridized carbons (Fsp3) is 0.250. The van der Waals surface area contributed by atoms with Gasteiger partial charge in [-0.15, -0.1) is 0 Å². The molecule has 2 aromatic heterocycles. The molecule has 0 radical (unpaired) electrons. The minimum absolute atomic E-state index is 0.143. The molecule has 0 spiro atoms. The van der Waals surface area contributed by atoms with Crippen LogP contribution in [0.5, 0.6) is 17.2 Å². The number of carbonyl (C=O) groups excluding carboxylic acids is 1. The zero-order valence-corrected chi connectivity index (χ0v) is 16.0. The number of carbonyl (C=O) groups is 1. The van der Waals surface area contributed by atoms with Crippen molar-refractivity contribution in [1.82, 2.24) is 9.38 Å². The molecular formula is C20H20N2O6. The first-order valence-electron chi connectivity index (χ1n) is 8.43. The highest BCUT2D eigenvalue weighted by Gasteiger charge is 2.18. The Morgan fingerprint density at radius 1 is 1.07 bits per heavy atom. The summed E-state index contributed by atoms with van der Waals surface area (Å²) in [7, 11) is 4.40. The van der Waals surface area contributed by atoms with Gasteiger partial charge in [0, 0.05) is 12.3 Å². The standard InChI is InChI=1S/C20H20N2O6/c1-12-6-5-7-22-17(23)10-14(21-19(12)22)11-28-20(24)13-8-15(25-2)18(27-4)16(9-13)26-3/h5-10H,11H2,1-4H3. The van der Waals surface area contributed by atoms with Gasteiger partial charge in [-0.25, -0.2) is 9.78 Å². The molecule has 0 aliphatic heterocycles. The summed E-state index contributed by atoms with van der Waals surface area (Å²) in [6.45, 7) is 1.71. The zero-order valence-electron chi connectivity index (χ0n) is 16.0. The van der Waals surface area contributed by atoms with Crippen LogP contribution in [-0.4, -0.2) is 36.7 Å². The number of hydrogen-bond acceptors (Lipinski definition) is 7. The topological polar surface area (TPSA) is 88.4 Å². The molecule has 0 saturated carbocycles. The fourth-order valence-corrected chi connectivity index (χ4v) is 2.80. The van der Waals surface area contributed by atoms with Crippen LogP contribution < -0.4 is 19.8 Å². The van der Waals surface area contributed by atoms with Crippen molar-refractivity contribution in [2.75, 3.05) is 21.3 Å². The van der Waals surface area contributed by atoms with Crippen LogP contribution in [0, 0.1) is 6.92 Å². The molecule has 0 atom stereocenters. The van der Waals surface area contributed by atoms with E-state index < -0.39 is 5.97 Å². The number of fused-ring (bicyclic) bond motifs is 1. The summed E-state index contributed by atoms with van der Waals surface area (Å²) in [5.74, 6) is 0.449. The van der Waals surface area contributed by atoms with Crippen LogP contribution in [0.4, 0.5) is 0 Å². The highest BCUT2D eigenvalue weighted by atomic mass is 16.5. The Balaban J connectivity index is 1.86. The second-order valence-corrected chi connectivity index (χ2v) is 5.96. The third-order valence-corrected chi connectivity index (χ3v) is 4.19. The number of esters is 1. The van der Waals surface area contributed by atoms with Crippen molar-refractivity contribution < 1.29 is 23.7 Å². The smallest absolute Gasteiger partial charge is 0.338 e. The highest BCUT2D eigenvalue weighted by molar-refractivity contribution is 5.91. The van der Waals surface area contributed by atoms with Gasteiger partial charge in [0.1, 0.15) is 12.3 Å². The molecule has 0 unspecified atom stereocenters. The van der Waals surface area contributed by atoms with E-state index >= 15 is 0 Å². The second kappa shape index (κ2) is 7.99. The molecule has 28 heavy (non-hydrogen) atoms. The lowest BCUT2D eigenvalue weighted by molar-refractivity contribution is 0.0467. The Morgan fingerprint density at radius 2 is 1.75 bits per heavy atom. The SMILES string of the molecule is COc1cc(C(=O)OCc2cc(=O)n3cccc(C)c3n2)cc(OC)c1OC. The van der Waals surface area contributed by atoms with Crippen LogP contribution in [0.25, 0.3) is 5.65 Å². The van der Waals surface area contributed by atoms with Crippen LogP contribution in [-0.2, 0) is 11.3 Å². The van der Waals surface area contributed by atoms with Gasteiger partial charge in [-0.2, -0.15) is 0 Å². The number of nitrogens with zero attached hydrogens (tertiary/aromatic N) is 2. The number of benzene rings is 1. The van der Waals surface area contributed by atoms with Gasteiger partial charge in [0.15, 0.2) is 11.5 Å². The van der Waals surface area contributed by atoms with E-state index in [9.17, 15) is 9.59 Å². The van der Waals surface area contributed by atoms with Crippen LogP contribution in [0.1, 0.15) is 21.6 Å². The highest BCUT2D eigenvalue weighted by Crippen LogP contribution is 2.38. The van der Waals surface area contributed by atoms with Gasteiger partial charge in [-0.3, -0.25) is 9.20 Å². The van der Waals surface area contributed by atoms with Gasteiger partial charge < -0.3 is 18.9 Å². The minimum atomic E-state index is -0.606. The van der Waals surface area contributed by atoms with Gasteiger partial charge in [-0.1, -0.05) is 6.07 Å². The summed E-state index contributed by atoms with van der Waals surface area (Å²) in [5, 5.41) is 0. The van der Waals surface area contributed by atoms with Crippen LogP contribution in [0.2, 0.25) is 0 Å². The summed E-state index contributed by atoms with van der Waals surface area (Å²) >= 11 is 0. The molecule has 0 fully saturated rings. The first-order chi connectivity index (χ1) is 13.5. The van der Waals surface area contributed by atoms with Crippen molar-refractivity contribution in [3.8, 4) is 17.2 Å². The summed E-state index contributed by atoms with van der Waals surface area (Å²) in [4.78, 5) is 29.1. The van der Waals surface area contributed by atoms with E-state index in [4.69, 9.17) is 18.9 Å². The van der Waals surface area contributed by atoms with E-state index in [1.807, 2.05) is 13.0 Å². The molecule has 146 valence electrons. The van der Waals surface area contributed by atoms with E-state index in [-0.39, 0.29) is 17.7 Å². The summed E-state index contributed by atoms with van der Waals surface area (Å²) in [6, 6.07) is 7.96. The molecule has 0 saturated heterocycles. The number of ether oxygens (including phenoxy) is 4. The van der Waals surface area contributed by atoms with Crippen molar-refractivity contribution in [1.29, 1.82) is 0 Å². The monoisotopic (exact) mass is 384 g/mol. The lowest BCUT2D eigenvalue weighted by Gasteiger charge is -2.13.